The lowest BCUT2D eigenvalue weighted by molar-refractivity contribution is -0.384. The first-order valence-electron chi connectivity index (χ1n) is 7.51. The third-order valence-electron chi connectivity index (χ3n) is 3.30. The molecule has 0 aromatic heterocycles. The zero-order chi connectivity index (χ0) is 20.9. The van der Waals surface area contributed by atoms with Crippen LogP contribution in [0.2, 0.25) is 0 Å². The fourth-order valence-electron chi connectivity index (χ4n) is 2.01. The van der Waals surface area contributed by atoms with Crippen LogP contribution in [0.4, 0.5) is 11.4 Å². The van der Waals surface area contributed by atoms with Crippen LogP contribution in [0.3, 0.4) is 0 Å². The van der Waals surface area contributed by atoms with Gasteiger partial charge < -0.3 is 16.0 Å². The van der Waals surface area contributed by atoms with Crippen LogP contribution in [0, 0.1) is 13.7 Å². The molecule has 0 saturated carbocycles. The summed E-state index contributed by atoms with van der Waals surface area (Å²) in [7, 11) is 0. The molecule has 2 rings (SSSR count). The third kappa shape index (κ3) is 6.89. The van der Waals surface area contributed by atoms with Crippen LogP contribution in [0.25, 0.3) is 0 Å². The van der Waals surface area contributed by atoms with Crippen molar-refractivity contribution < 1.29 is 9.72 Å². The summed E-state index contributed by atoms with van der Waals surface area (Å²) >= 11 is 25.1. The average molecular weight is 574 g/mol. The van der Waals surface area contributed by atoms with Gasteiger partial charge in [0.25, 0.3) is 11.6 Å². The van der Waals surface area contributed by atoms with Crippen LogP contribution in [-0.4, -0.2) is 25.9 Å². The molecule has 12 heteroatoms. The molecule has 0 unspecified atom stereocenters. The number of carbonyl (C=O) groups excluding carboxylic acids is 1. The Morgan fingerprint density at radius 1 is 1.14 bits per heavy atom. The van der Waals surface area contributed by atoms with Crippen LogP contribution in [0.5, 0.6) is 0 Å². The average Bonchev–Trinajstić information content (AvgIpc) is 2.60. The van der Waals surface area contributed by atoms with Gasteiger partial charge >= 0.3 is 0 Å². The molecule has 3 N–H and O–H groups in total. The number of benzene rings is 2. The maximum absolute atomic E-state index is 12.4. The van der Waals surface area contributed by atoms with E-state index in [1.165, 1.54) is 24.3 Å². The minimum Gasteiger partial charge on any atom is -0.339 e. The molecule has 1 amide bonds. The highest BCUT2D eigenvalue weighted by molar-refractivity contribution is 14.1. The predicted molar refractivity (Wildman–Crippen MR) is 123 cm³/mol. The van der Waals surface area contributed by atoms with Crippen molar-refractivity contribution in [3.63, 3.8) is 0 Å². The quantitative estimate of drug-likeness (QED) is 0.121. The lowest BCUT2D eigenvalue weighted by Gasteiger charge is -2.27. The van der Waals surface area contributed by atoms with Crippen LogP contribution >= 0.6 is 69.6 Å². The van der Waals surface area contributed by atoms with Gasteiger partial charge in [-0.2, -0.15) is 0 Å². The van der Waals surface area contributed by atoms with E-state index in [1.54, 1.807) is 18.2 Å². The van der Waals surface area contributed by atoms with E-state index >= 15 is 0 Å². The fourth-order valence-corrected chi connectivity index (χ4v) is 3.11. The molecule has 0 spiro atoms. The summed E-state index contributed by atoms with van der Waals surface area (Å²) < 4.78 is -1.03. The molecule has 2 aromatic carbocycles. The molecule has 0 aliphatic carbocycles. The highest BCUT2D eigenvalue weighted by atomic mass is 127. The van der Waals surface area contributed by atoms with Crippen molar-refractivity contribution in [2.75, 3.05) is 5.32 Å². The van der Waals surface area contributed by atoms with Crippen molar-refractivity contribution >= 4 is 92.0 Å². The first kappa shape index (κ1) is 22.9. The van der Waals surface area contributed by atoms with E-state index in [-0.39, 0.29) is 10.8 Å². The van der Waals surface area contributed by atoms with Gasteiger partial charge in [-0.15, -0.1) is 0 Å². The fraction of sp³-hybridized carbons (Fsp3) is 0.125. The number of hydrogen-bond donors (Lipinski definition) is 3. The molecule has 0 saturated heterocycles. The van der Waals surface area contributed by atoms with Crippen molar-refractivity contribution in [2.24, 2.45) is 0 Å². The van der Waals surface area contributed by atoms with Crippen LogP contribution in [-0.2, 0) is 0 Å². The van der Waals surface area contributed by atoms with E-state index in [0.29, 0.717) is 11.3 Å². The number of nitro benzene ring substituents is 1. The number of halogens is 4. The summed E-state index contributed by atoms with van der Waals surface area (Å²) in [6.45, 7) is 0. The topological polar surface area (TPSA) is 96.3 Å². The maximum atomic E-state index is 12.4. The predicted octanol–water partition coefficient (Wildman–Crippen LogP) is 4.61. The zero-order valence-electron chi connectivity index (χ0n) is 13.8. The maximum Gasteiger partial charge on any atom is 0.269 e. The number of thiocarbonyl (C=S) groups is 1. The van der Waals surface area contributed by atoms with Gasteiger partial charge in [0.05, 0.1) is 4.92 Å². The molecule has 148 valence electrons. The monoisotopic (exact) mass is 572 g/mol. The highest BCUT2D eigenvalue weighted by Crippen LogP contribution is 2.29. The van der Waals surface area contributed by atoms with Gasteiger partial charge in [-0.05, 0) is 65.1 Å². The van der Waals surface area contributed by atoms with Crippen LogP contribution in [0.1, 0.15) is 10.4 Å². The van der Waals surface area contributed by atoms with Crippen molar-refractivity contribution in [1.29, 1.82) is 0 Å². The summed E-state index contributed by atoms with van der Waals surface area (Å²) in [6.07, 6.45) is -1.14. The molecule has 0 fully saturated rings. The van der Waals surface area contributed by atoms with Gasteiger partial charge in [0.15, 0.2) is 5.11 Å². The summed E-state index contributed by atoms with van der Waals surface area (Å²) in [5, 5.41) is 18.8. The lowest BCUT2D eigenvalue weighted by atomic mass is 10.2. The van der Waals surface area contributed by atoms with E-state index in [9.17, 15) is 14.9 Å². The normalized spacial score (nSPS) is 12.0. The Morgan fingerprint density at radius 3 is 2.32 bits per heavy atom. The number of alkyl halides is 3. The van der Waals surface area contributed by atoms with Crippen molar-refractivity contribution in [3.8, 4) is 0 Å². The molecular formula is C16H12Cl3IN4O3S. The summed E-state index contributed by atoms with van der Waals surface area (Å²) in [5.74, 6) is -0.458. The molecule has 7 nitrogen and oxygen atoms in total. The Labute approximate surface area is 194 Å². The van der Waals surface area contributed by atoms with Crippen LogP contribution < -0.4 is 16.0 Å². The Balaban J connectivity index is 2.06. The SMILES string of the molecule is O=C(N[C@@H](NC(=S)Nc1ccc([N+](=O)[O-])cc1)C(Cl)(Cl)Cl)c1cccc(I)c1. The standard InChI is InChI=1S/C16H12Cl3IN4O3S/c17-16(18,19)14(22-13(25)9-2-1-3-10(20)8-9)23-15(28)21-11-4-6-12(7-5-11)24(26)27/h1-8,14H,(H,22,25)(H2,21,23,28)/t14-/m0/s1. The third-order valence-corrected chi connectivity index (χ3v) is 4.85. The van der Waals surface area contributed by atoms with Crippen molar-refractivity contribution in [1.82, 2.24) is 10.6 Å². The molecule has 0 radical (unpaired) electrons. The Hall–Kier alpha value is -1.40. The first-order chi connectivity index (χ1) is 13.1. The summed E-state index contributed by atoms with van der Waals surface area (Å²) in [5.41, 5.74) is 0.811. The molecular weight excluding hydrogens is 562 g/mol. The molecule has 28 heavy (non-hydrogen) atoms. The minimum atomic E-state index is -1.90. The zero-order valence-corrected chi connectivity index (χ0v) is 19.0. The summed E-state index contributed by atoms with van der Waals surface area (Å²) in [6, 6.07) is 12.5. The Kier molecular flexibility index (Phi) is 8.07. The van der Waals surface area contributed by atoms with Crippen molar-refractivity contribution in [3.05, 3.63) is 67.8 Å². The van der Waals surface area contributed by atoms with Gasteiger partial charge in [-0.3, -0.25) is 14.9 Å². The van der Waals surface area contributed by atoms with E-state index in [4.69, 9.17) is 47.0 Å². The number of non-ortho nitro benzene ring substituents is 1. The number of hydrogen-bond acceptors (Lipinski definition) is 4. The Morgan fingerprint density at radius 2 is 1.79 bits per heavy atom. The van der Waals surface area contributed by atoms with Crippen LogP contribution in [0.15, 0.2) is 48.5 Å². The smallest absolute Gasteiger partial charge is 0.269 e. The number of nitrogens with zero attached hydrogens (tertiary/aromatic N) is 1. The van der Waals surface area contributed by atoms with Gasteiger partial charge in [0.1, 0.15) is 6.17 Å². The number of amides is 1. The lowest BCUT2D eigenvalue weighted by Crippen LogP contribution is -2.56. The number of nitro groups is 1. The highest BCUT2D eigenvalue weighted by Gasteiger charge is 2.35. The second kappa shape index (κ2) is 9.88. The molecule has 1 atom stereocenters. The van der Waals surface area contributed by atoms with E-state index in [0.717, 1.165) is 3.57 Å². The largest absolute Gasteiger partial charge is 0.339 e. The second-order valence-electron chi connectivity index (χ2n) is 5.36. The van der Waals surface area contributed by atoms with Gasteiger partial charge in [-0.1, -0.05) is 40.9 Å². The molecule has 0 aliphatic heterocycles. The van der Waals surface area contributed by atoms with Gasteiger partial charge in [-0.25, -0.2) is 0 Å². The number of carbonyl (C=O) groups is 1. The molecule has 2 aromatic rings. The van der Waals surface area contributed by atoms with Gasteiger partial charge in [0, 0.05) is 27.0 Å². The van der Waals surface area contributed by atoms with E-state index in [1.807, 2.05) is 6.07 Å². The molecule has 0 aliphatic rings. The van der Waals surface area contributed by atoms with Crippen molar-refractivity contribution in [2.45, 2.75) is 9.96 Å². The minimum absolute atomic E-state index is 0.0492. The molecule has 0 heterocycles. The van der Waals surface area contributed by atoms with E-state index in [2.05, 4.69) is 38.5 Å². The number of anilines is 1. The molecule has 0 bridgehead atoms. The summed E-state index contributed by atoms with van der Waals surface area (Å²) in [4.78, 5) is 22.6. The number of rotatable bonds is 5. The van der Waals surface area contributed by atoms with E-state index < -0.39 is 20.8 Å². The Bertz CT molecular complexity index is 893. The van der Waals surface area contributed by atoms with Gasteiger partial charge in [0.2, 0.25) is 3.79 Å². The number of nitrogens with one attached hydrogen (secondary N) is 3. The second-order valence-corrected chi connectivity index (χ2v) is 9.38. The first-order valence-corrected chi connectivity index (χ1v) is 10.1.